The fraction of sp³-hybridized carbons (Fsp3) is 0.364. The Balaban J connectivity index is 1.69. The standard InChI is InChI=1S/C22H26N2O5/c1-3-28-18-9-10-19(20(15-18)29-4-2)21(25)23-17-7-5-16(6-8-17)22(26)24-11-13-27-14-12-24/h5-10,15H,3-4,11-14H2,1-2H3,(H,23,25). The number of ether oxygens (including phenoxy) is 3. The predicted octanol–water partition coefficient (Wildman–Crippen LogP) is 3.21. The zero-order valence-corrected chi connectivity index (χ0v) is 16.8. The number of hydrogen-bond acceptors (Lipinski definition) is 5. The normalized spacial score (nSPS) is 13.7. The second-order valence-corrected chi connectivity index (χ2v) is 6.46. The van der Waals surface area contributed by atoms with Crippen molar-refractivity contribution < 1.29 is 23.8 Å². The molecule has 3 rings (SSSR count). The Bertz CT molecular complexity index is 845. The van der Waals surface area contributed by atoms with Gasteiger partial charge in [0, 0.05) is 30.4 Å². The van der Waals surface area contributed by atoms with Crippen LogP contribution >= 0.6 is 0 Å². The van der Waals surface area contributed by atoms with E-state index in [1.54, 1.807) is 47.4 Å². The van der Waals surface area contributed by atoms with Gasteiger partial charge in [0.15, 0.2) is 0 Å². The Hall–Kier alpha value is -3.06. The van der Waals surface area contributed by atoms with Gasteiger partial charge in [0.25, 0.3) is 11.8 Å². The maximum absolute atomic E-state index is 12.7. The molecule has 0 saturated carbocycles. The highest BCUT2D eigenvalue weighted by Crippen LogP contribution is 2.26. The number of carbonyl (C=O) groups is 2. The molecule has 2 amide bonds. The number of hydrogen-bond donors (Lipinski definition) is 1. The maximum atomic E-state index is 12.7. The minimum atomic E-state index is -0.288. The van der Waals surface area contributed by atoms with E-state index in [9.17, 15) is 9.59 Å². The third-order valence-electron chi connectivity index (χ3n) is 4.50. The lowest BCUT2D eigenvalue weighted by atomic mass is 10.1. The molecule has 1 N–H and O–H groups in total. The Morgan fingerprint density at radius 2 is 1.69 bits per heavy atom. The molecule has 1 heterocycles. The molecule has 0 radical (unpaired) electrons. The van der Waals surface area contributed by atoms with Crippen LogP contribution in [0.15, 0.2) is 42.5 Å². The van der Waals surface area contributed by atoms with E-state index in [1.807, 2.05) is 13.8 Å². The summed E-state index contributed by atoms with van der Waals surface area (Å²) in [7, 11) is 0. The zero-order chi connectivity index (χ0) is 20.6. The van der Waals surface area contributed by atoms with Crippen LogP contribution in [0.1, 0.15) is 34.6 Å². The SMILES string of the molecule is CCOc1ccc(C(=O)Nc2ccc(C(=O)N3CCOCC3)cc2)c(OCC)c1. The average Bonchev–Trinajstić information content (AvgIpc) is 2.75. The summed E-state index contributed by atoms with van der Waals surface area (Å²) in [5.74, 6) is 0.800. The molecule has 0 spiro atoms. The van der Waals surface area contributed by atoms with E-state index >= 15 is 0 Å². The summed E-state index contributed by atoms with van der Waals surface area (Å²) in [6.45, 7) is 7.04. The van der Waals surface area contributed by atoms with E-state index in [0.29, 0.717) is 67.8 Å². The summed E-state index contributed by atoms with van der Waals surface area (Å²) in [6, 6.07) is 12.0. The molecular weight excluding hydrogens is 372 g/mol. The Morgan fingerprint density at radius 1 is 1.00 bits per heavy atom. The second kappa shape index (κ2) is 9.93. The lowest BCUT2D eigenvalue weighted by Crippen LogP contribution is -2.40. The molecule has 0 aromatic heterocycles. The number of nitrogens with zero attached hydrogens (tertiary/aromatic N) is 1. The molecule has 1 aliphatic rings. The monoisotopic (exact) mass is 398 g/mol. The summed E-state index contributed by atoms with van der Waals surface area (Å²) in [5.41, 5.74) is 1.61. The summed E-state index contributed by atoms with van der Waals surface area (Å²) < 4.78 is 16.4. The molecule has 0 bridgehead atoms. The first-order valence-electron chi connectivity index (χ1n) is 9.80. The van der Waals surface area contributed by atoms with Crippen LogP contribution in [0.4, 0.5) is 5.69 Å². The number of rotatable bonds is 7. The van der Waals surface area contributed by atoms with Gasteiger partial charge in [-0.05, 0) is 50.2 Å². The van der Waals surface area contributed by atoms with Gasteiger partial charge in [0.05, 0.1) is 32.0 Å². The Morgan fingerprint density at radius 3 is 2.34 bits per heavy atom. The fourth-order valence-corrected chi connectivity index (χ4v) is 3.07. The van der Waals surface area contributed by atoms with Crippen molar-refractivity contribution in [1.29, 1.82) is 0 Å². The van der Waals surface area contributed by atoms with Crippen LogP contribution in [0, 0.1) is 0 Å². The van der Waals surface area contributed by atoms with Gasteiger partial charge in [-0.1, -0.05) is 0 Å². The van der Waals surface area contributed by atoms with Crippen molar-refractivity contribution in [2.45, 2.75) is 13.8 Å². The minimum Gasteiger partial charge on any atom is -0.494 e. The topological polar surface area (TPSA) is 77.1 Å². The first-order valence-corrected chi connectivity index (χ1v) is 9.80. The number of anilines is 1. The van der Waals surface area contributed by atoms with Crippen LogP contribution in [0.25, 0.3) is 0 Å². The average molecular weight is 398 g/mol. The van der Waals surface area contributed by atoms with Gasteiger partial charge < -0.3 is 24.4 Å². The Labute approximate surface area is 170 Å². The number of amides is 2. The highest BCUT2D eigenvalue weighted by atomic mass is 16.5. The van der Waals surface area contributed by atoms with E-state index in [-0.39, 0.29) is 11.8 Å². The van der Waals surface area contributed by atoms with Crippen LogP contribution in [0.3, 0.4) is 0 Å². The quantitative estimate of drug-likeness (QED) is 0.775. The van der Waals surface area contributed by atoms with Crippen molar-refractivity contribution in [2.75, 3.05) is 44.8 Å². The molecule has 154 valence electrons. The van der Waals surface area contributed by atoms with Crippen LogP contribution < -0.4 is 14.8 Å². The summed E-state index contributed by atoms with van der Waals surface area (Å²) in [5, 5.41) is 2.85. The lowest BCUT2D eigenvalue weighted by Gasteiger charge is -2.26. The van der Waals surface area contributed by atoms with Crippen LogP contribution in [-0.2, 0) is 4.74 Å². The van der Waals surface area contributed by atoms with Gasteiger partial charge in [-0.25, -0.2) is 0 Å². The third-order valence-corrected chi connectivity index (χ3v) is 4.50. The summed E-state index contributed by atoms with van der Waals surface area (Å²) >= 11 is 0. The van der Waals surface area contributed by atoms with E-state index in [2.05, 4.69) is 5.32 Å². The minimum absolute atomic E-state index is 0.0312. The molecule has 2 aromatic rings. The zero-order valence-electron chi connectivity index (χ0n) is 16.8. The van der Waals surface area contributed by atoms with Crippen molar-refractivity contribution in [2.24, 2.45) is 0 Å². The number of nitrogens with one attached hydrogen (secondary N) is 1. The van der Waals surface area contributed by atoms with Crippen molar-refractivity contribution in [3.63, 3.8) is 0 Å². The van der Waals surface area contributed by atoms with Crippen molar-refractivity contribution >= 4 is 17.5 Å². The number of morpholine rings is 1. The van der Waals surface area contributed by atoms with Crippen LogP contribution in [0.5, 0.6) is 11.5 Å². The second-order valence-electron chi connectivity index (χ2n) is 6.46. The van der Waals surface area contributed by atoms with Gasteiger partial charge in [-0.15, -0.1) is 0 Å². The molecule has 0 aliphatic carbocycles. The third kappa shape index (κ3) is 5.26. The highest BCUT2D eigenvalue weighted by molar-refractivity contribution is 6.06. The molecule has 0 atom stereocenters. The van der Waals surface area contributed by atoms with Gasteiger partial charge in [-0.2, -0.15) is 0 Å². The van der Waals surface area contributed by atoms with Gasteiger partial charge in [0.1, 0.15) is 11.5 Å². The summed E-state index contributed by atoms with van der Waals surface area (Å²) in [6.07, 6.45) is 0. The number of carbonyl (C=O) groups excluding carboxylic acids is 2. The van der Waals surface area contributed by atoms with E-state index in [0.717, 1.165) is 0 Å². The highest BCUT2D eigenvalue weighted by Gasteiger charge is 2.19. The molecule has 1 fully saturated rings. The number of benzene rings is 2. The lowest BCUT2D eigenvalue weighted by molar-refractivity contribution is 0.0303. The molecular formula is C22H26N2O5. The first kappa shape index (κ1) is 20.7. The molecule has 1 aliphatic heterocycles. The summed E-state index contributed by atoms with van der Waals surface area (Å²) in [4.78, 5) is 27.0. The van der Waals surface area contributed by atoms with Crippen molar-refractivity contribution in [3.05, 3.63) is 53.6 Å². The van der Waals surface area contributed by atoms with E-state index < -0.39 is 0 Å². The van der Waals surface area contributed by atoms with E-state index in [4.69, 9.17) is 14.2 Å². The van der Waals surface area contributed by atoms with Gasteiger partial charge in [0.2, 0.25) is 0 Å². The van der Waals surface area contributed by atoms with Gasteiger partial charge in [-0.3, -0.25) is 9.59 Å². The predicted molar refractivity (Wildman–Crippen MR) is 110 cm³/mol. The smallest absolute Gasteiger partial charge is 0.259 e. The first-order chi connectivity index (χ1) is 14.1. The van der Waals surface area contributed by atoms with E-state index in [1.165, 1.54) is 0 Å². The maximum Gasteiger partial charge on any atom is 0.259 e. The van der Waals surface area contributed by atoms with Crippen molar-refractivity contribution in [1.82, 2.24) is 4.90 Å². The molecule has 0 unspecified atom stereocenters. The van der Waals surface area contributed by atoms with Crippen LogP contribution in [0.2, 0.25) is 0 Å². The molecule has 2 aromatic carbocycles. The molecule has 29 heavy (non-hydrogen) atoms. The molecule has 7 heteroatoms. The van der Waals surface area contributed by atoms with Crippen molar-refractivity contribution in [3.8, 4) is 11.5 Å². The van der Waals surface area contributed by atoms with Crippen LogP contribution in [-0.4, -0.2) is 56.2 Å². The molecule has 1 saturated heterocycles. The largest absolute Gasteiger partial charge is 0.494 e. The van der Waals surface area contributed by atoms with Gasteiger partial charge >= 0.3 is 0 Å². The Kier molecular flexibility index (Phi) is 7.08. The molecule has 7 nitrogen and oxygen atoms in total. The fourth-order valence-electron chi connectivity index (χ4n) is 3.07.